The molecule has 1 aromatic carbocycles. The van der Waals surface area contributed by atoms with Gasteiger partial charge in [0, 0.05) is 5.02 Å². The van der Waals surface area contributed by atoms with E-state index in [1.165, 1.54) is 12.1 Å². The molecular formula is C8H5ClFN. The first-order chi connectivity index (χ1) is 5.15. The fraction of sp³-hybridized carbons (Fsp3) is 0.125. The van der Waals surface area contributed by atoms with E-state index in [4.69, 9.17) is 16.9 Å². The van der Waals surface area contributed by atoms with Crippen LogP contribution in [0.25, 0.3) is 0 Å². The lowest BCUT2D eigenvalue weighted by molar-refractivity contribution is 0.614. The summed E-state index contributed by atoms with van der Waals surface area (Å²) in [5, 5.41) is 8.81. The van der Waals surface area contributed by atoms with E-state index in [0.717, 1.165) is 0 Å². The molecule has 0 aliphatic heterocycles. The number of nitriles is 1. The van der Waals surface area contributed by atoms with E-state index in [0.29, 0.717) is 10.6 Å². The molecule has 1 rings (SSSR count). The molecule has 0 bridgehead atoms. The Labute approximate surface area is 69.0 Å². The second-order valence-corrected chi connectivity index (χ2v) is 2.63. The summed E-state index contributed by atoms with van der Waals surface area (Å²) in [6.07, 6.45) is 0. The SMILES string of the molecule is Cc1cc(Cl)cc(C#N)c1F. The van der Waals surface area contributed by atoms with Crippen molar-refractivity contribution in [1.82, 2.24) is 0 Å². The van der Waals surface area contributed by atoms with Crippen LogP contribution in [0.5, 0.6) is 0 Å². The molecule has 1 nitrogen and oxygen atoms in total. The Hall–Kier alpha value is -1.07. The smallest absolute Gasteiger partial charge is 0.143 e. The standard InChI is InChI=1S/C8H5ClFN/c1-5-2-7(9)3-6(4-11)8(5)10/h2-3H,1H3. The van der Waals surface area contributed by atoms with E-state index in [1.807, 2.05) is 0 Å². The maximum atomic E-state index is 12.9. The number of hydrogen-bond acceptors (Lipinski definition) is 1. The van der Waals surface area contributed by atoms with Crippen LogP contribution in [0.1, 0.15) is 11.1 Å². The minimum atomic E-state index is -0.489. The van der Waals surface area contributed by atoms with Gasteiger partial charge in [-0.1, -0.05) is 11.6 Å². The molecule has 0 atom stereocenters. The van der Waals surface area contributed by atoms with Gasteiger partial charge in [0.1, 0.15) is 11.9 Å². The minimum absolute atomic E-state index is 0.00463. The van der Waals surface area contributed by atoms with Crippen LogP contribution in [0.2, 0.25) is 5.02 Å². The van der Waals surface area contributed by atoms with Crippen molar-refractivity contribution < 1.29 is 4.39 Å². The van der Waals surface area contributed by atoms with E-state index < -0.39 is 5.82 Å². The van der Waals surface area contributed by atoms with E-state index in [2.05, 4.69) is 0 Å². The van der Waals surface area contributed by atoms with Crippen LogP contribution in [-0.2, 0) is 0 Å². The second-order valence-electron chi connectivity index (χ2n) is 2.20. The average molecular weight is 170 g/mol. The predicted molar refractivity (Wildman–Crippen MR) is 40.9 cm³/mol. The highest BCUT2D eigenvalue weighted by atomic mass is 35.5. The highest BCUT2D eigenvalue weighted by Gasteiger charge is 2.05. The van der Waals surface area contributed by atoms with Gasteiger partial charge < -0.3 is 0 Å². The maximum Gasteiger partial charge on any atom is 0.143 e. The van der Waals surface area contributed by atoms with Crippen molar-refractivity contribution >= 4 is 11.6 Å². The summed E-state index contributed by atoms with van der Waals surface area (Å²) >= 11 is 5.58. The lowest BCUT2D eigenvalue weighted by Crippen LogP contribution is -1.87. The summed E-state index contributed by atoms with van der Waals surface area (Å²) in [7, 11) is 0. The van der Waals surface area contributed by atoms with Crippen LogP contribution in [0, 0.1) is 24.1 Å². The van der Waals surface area contributed by atoms with Gasteiger partial charge in [-0.2, -0.15) is 5.26 Å². The van der Waals surface area contributed by atoms with Crippen molar-refractivity contribution in [3.63, 3.8) is 0 Å². The number of nitrogens with zero attached hydrogens (tertiary/aromatic N) is 1. The fourth-order valence-corrected chi connectivity index (χ4v) is 1.08. The Balaban J connectivity index is 3.39. The molecule has 0 aromatic heterocycles. The predicted octanol–water partition coefficient (Wildman–Crippen LogP) is 2.66. The van der Waals surface area contributed by atoms with Gasteiger partial charge in [0.15, 0.2) is 0 Å². The molecule has 0 saturated carbocycles. The summed E-state index contributed by atoms with van der Waals surface area (Å²) in [5.74, 6) is -0.489. The van der Waals surface area contributed by atoms with E-state index in [1.54, 1.807) is 13.0 Å². The summed E-state index contributed by atoms with van der Waals surface area (Å²) in [5.41, 5.74) is 0.393. The summed E-state index contributed by atoms with van der Waals surface area (Å²) in [6.45, 7) is 1.57. The van der Waals surface area contributed by atoms with Gasteiger partial charge in [-0.05, 0) is 24.6 Å². The topological polar surface area (TPSA) is 23.8 Å². The molecule has 0 aliphatic carbocycles. The van der Waals surface area contributed by atoms with Crippen LogP contribution in [0.15, 0.2) is 12.1 Å². The van der Waals surface area contributed by atoms with E-state index in [9.17, 15) is 4.39 Å². The van der Waals surface area contributed by atoms with E-state index >= 15 is 0 Å². The van der Waals surface area contributed by atoms with Gasteiger partial charge in [0.25, 0.3) is 0 Å². The monoisotopic (exact) mass is 169 g/mol. The molecule has 1 aromatic rings. The van der Waals surface area contributed by atoms with Crippen molar-refractivity contribution in [2.75, 3.05) is 0 Å². The van der Waals surface area contributed by atoms with Crippen molar-refractivity contribution in [3.05, 3.63) is 34.1 Å². The maximum absolute atomic E-state index is 12.9. The van der Waals surface area contributed by atoms with Crippen molar-refractivity contribution in [2.24, 2.45) is 0 Å². The van der Waals surface area contributed by atoms with Gasteiger partial charge in [-0.25, -0.2) is 4.39 Å². The van der Waals surface area contributed by atoms with Gasteiger partial charge in [-0.15, -0.1) is 0 Å². The first-order valence-electron chi connectivity index (χ1n) is 3.01. The molecule has 0 heterocycles. The van der Waals surface area contributed by atoms with Crippen LogP contribution in [0.3, 0.4) is 0 Å². The Bertz CT molecular complexity index is 328. The molecule has 0 aliphatic rings. The van der Waals surface area contributed by atoms with Crippen LogP contribution in [-0.4, -0.2) is 0 Å². The number of halogens is 2. The van der Waals surface area contributed by atoms with Crippen LogP contribution in [0.4, 0.5) is 4.39 Å². The molecule has 3 heteroatoms. The zero-order chi connectivity index (χ0) is 8.43. The first-order valence-corrected chi connectivity index (χ1v) is 3.38. The third-order valence-electron chi connectivity index (χ3n) is 1.34. The van der Waals surface area contributed by atoms with Crippen LogP contribution < -0.4 is 0 Å². The first kappa shape index (κ1) is 8.03. The highest BCUT2D eigenvalue weighted by molar-refractivity contribution is 6.30. The molecule has 56 valence electrons. The van der Waals surface area contributed by atoms with Crippen LogP contribution >= 0.6 is 11.6 Å². The molecule has 0 radical (unpaired) electrons. The summed E-state index contributed by atoms with van der Waals surface area (Å²) in [4.78, 5) is 0. The molecule has 0 unspecified atom stereocenters. The summed E-state index contributed by atoms with van der Waals surface area (Å²) < 4.78 is 12.9. The van der Waals surface area contributed by atoms with Gasteiger partial charge in [0.05, 0.1) is 5.56 Å². The third kappa shape index (κ3) is 1.50. The molecule has 0 N–H and O–H groups in total. The lowest BCUT2D eigenvalue weighted by atomic mass is 10.1. The molecule has 0 spiro atoms. The van der Waals surface area contributed by atoms with Crippen molar-refractivity contribution in [2.45, 2.75) is 6.92 Å². The third-order valence-corrected chi connectivity index (χ3v) is 1.56. The van der Waals surface area contributed by atoms with Gasteiger partial charge in [-0.3, -0.25) is 0 Å². The summed E-state index contributed by atoms with van der Waals surface area (Å²) in [6, 6.07) is 4.51. The van der Waals surface area contributed by atoms with E-state index in [-0.39, 0.29) is 5.56 Å². The lowest BCUT2D eigenvalue weighted by Gasteiger charge is -1.98. The van der Waals surface area contributed by atoms with Crippen molar-refractivity contribution in [1.29, 1.82) is 5.26 Å². The van der Waals surface area contributed by atoms with Gasteiger partial charge in [0.2, 0.25) is 0 Å². The zero-order valence-electron chi connectivity index (χ0n) is 5.86. The minimum Gasteiger partial charge on any atom is -0.205 e. The Morgan fingerprint density at radius 2 is 2.18 bits per heavy atom. The van der Waals surface area contributed by atoms with Gasteiger partial charge >= 0.3 is 0 Å². The fourth-order valence-electron chi connectivity index (χ4n) is 0.807. The highest BCUT2D eigenvalue weighted by Crippen LogP contribution is 2.17. The second kappa shape index (κ2) is 2.89. The Kier molecular flexibility index (Phi) is 2.11. The zero-order valence-corrected chi connectivity index (χ0v) is 6.61. The largest absolute Gasteiger partial charge is 0.205 e. The normalized spacial score (nSPS) is 9.27. The molecule has 0 amide bonds. The number of rotatable bonds is 0. The Morgan fingerprint density at radius 3 is 2.73 bits per heavy atom. The molecular weight excluding hydrogens is 165 g/mol. The van der Waals surface area contributed by atoms with Crippen molar-refractivity contribution in [3.8, 4) is 6.07 Å². The molecule has 0 fully saturated rings. The quantitative estimate of drug-likeness (QED) is 0.586. The average Bonchev–Trinajstić information content (AvgIpc) is 1.96. The Morgan fingerprint density at radius 1 is 1.55 bits per heavy atom. The number of aryl methyl sites for hydroxylation is 1. The number of benzene rings is 1. The number of hydrogen-bond donors (Lipinski definition) is 0. The molecule has 0 saturated heterocycles. The molecule has 11 heavy (non-hydrogen) atoms.